The highest BCUT2D eigenvalue weighted by Gasteiger charge is 2.26. The molecule has 0 aliphatic carbocycles. The Kier molecular flexibility index (Phi) is 3.32. The van der Waals surface area contributed by atoms with Crippen molar-refractivity contribution in [3.8, 4) is 11.5 Å². The van der Waals surface area contributed by atoms with Gasteiger partial charge in [0.1, 0.15) is 12.0 Å². The molecule has 0 unspecified atom stereocenters. The minimum absolute atomic E-state index is 0.0508. The molecule has 98 valence electrons. The van der Waals surface area contributed by atoms with Crippen molar-refractivity contribution in [3.63, 3.8) is 0 Å². The number of rotatable bonds is 4. The molecule has 2 heterocycles. The van der Waals surface area contributed by atoms with Crippen LogP contribution in [0.4, 0.5) is 13.2 Å². The van der Waals surface area contributed by atoms with E-state index in [0.29, 0.717) is 11.6 Å². The van der Waals surface area contributed by atoms with Gasteiger partial charge < -0.3 is 14.3 Å². The van der Waals surface area contributed by atoms with E-state index in [4.69, 9.17) is 8.94 Å². The summed E-state index contributed by atoms with van der Waals surface area (Å²) >= 11 is 0. The summed E-state index contributed by atoms with van der Waals surface area (Å²) in [6.45, 7) is 0.368. The lowest BCUT2D eigenvalue weighted by molar-refractivity contribution is -0.125. The van der Waals surface area contributed by atoms with Crippen molar-refractivity contribution in [2.24, 2.45) is 0 Å². The molecule has 0 amide bonds. The predicted molar refractivity (Wildman–Crippen MR) is 52.3 cm³/mol. The second-order valence-electron chi connectivity index (χ2n) is 3.48. The van der Waals surface area contributed by atoms with E-state index in [9.17, 15) is 13.2 Å². The Morgan fingerprint density at radius 1 is 1.33 bits per heavy atom. The van der Waals surface area contributed by atoms with Gasteiger partial charge in [-0.25, -0.2) is 4.98 Å². The molecule has 1 N–H and O–H groups in total. The number of aromatic nitrogens is 3. The highest BCUT2D eigenvalue weighted by atomic mass is 19.4. The van der Waals surface area contributed by atoms with Gasteiger partial charge in [0.25, 0.3) is 0 Å². The molecule has 0 bridgehead atoms. The Labute approximate surface area is 99.2 Å². The average Bonchev–Trinajstić information content (AvgIpc) is 2.85. The van der Waals surface area contributed by atoms with E-state index in [1.165, 1.54) is 6.26 Å². The molecule has 0 fully saturated rings. The molecular weight excluding hydrogens is 253 g/mol. The summed E-state index contributed by atoms with van der Waals surface area (Å²) in [7, 11) is 0. The largest absolute Gasteiger partial charge is 0.449 e. The van der Waals surface area contributed by atoms with Crippen molar-refractivity contribution in [2.75, 3.05) is 6.54 Å². The molecule has 0 atom stereocenters. The molecule has 6 nitrogen and oxygen atoms in total. The Bertz CT molecular complexity index is 520. The zero-order valence-corrected chi connectivity index (χ0v) is 9.28. The lowest BCUT2D eigenvalue weighted by Crippen LogP contribution is -2.28. The van der Waals surface area contributed by atoms with Crippen LogP contribution < -0.4 is 5.32 Å². The maximum atomic E-state index is 11.9. The number of halogens is 3. The van der Waals surface area contributed by atoms with Crippen molar-refractivity contribution >= 4 is 0 Å². The highest BCUT2D eigenvalue weighted by molar-refractivity contribution is 5.45. The van der Waals surface area contributed by atoms with Gasteiger partial charge in [0.05, 0.1) is 13.1 Å². The SMILES string of the molecule is Cc1nc(-c2noc(CNCC(F)(F)F)n2)co1. The summed E-state index contributed by atoms with van der Waals surface area (Å²) in [6.07, 6.45) is -2.93. The van der Waals surface area contributed by atoms with Crippen LogP contribution in [0.3, 0.4) is 0 Å². The van der Waals surface area contributed by atoms with Gasteiger partial charge in [-0.15, -0.1) is 0 Å². The van der Waals surface area contributed by atoms with E-state index in [2.05, 4.69) is 20.4 Å². The molecule has 2 rings (SSSR count). The Hall–Kier alpha value is -1.90. The van der Waals surface area contributed by atoms with Crippen LogP contribution in [0, 0.1) is 6.92 Å². The van der Waals surface area contributed by atoms with Crippen LogP contribution in [0.25, 0.3) is 11.5 Å². The second kappa shape index (κ2) is 4.77. The normalized spacial score (nSPS) is 12.0. The Morgan fingerprint density at radius 2 is 2.11 bits per heavy atom. The zero-order chi connectivity index (χ0) is 13.2. The number of nitrogens with one attached hydrogen (secondary N) is 1. The number of aryl methyl sites for hydroxylation is 1. The molecule has 0 radical (unpaired) electrons. The van der Waals surface area contributed by atoms with E-state index in [-0.39, 0.29) is 18.3 Å². The van der Waals surface area contributed by atoms with E-state index in [1.54, 1.807) is 6.92 Å². The van der Waals surface area contributed by atoms with Crippen molar-refractivity contribution in [1.29, 1.82) is 0 Å². The minimum Gasteiger partial charge on any atom is -0.449 e. The van der Waals surface area contributed by atoms with E-state index >= 15 is 0 Å². The van der Waals surface area contributed by atoms with Crippen LogP contribution in [0.5, 0.6) is 0 Å². The molecule has 0 saturated heterocycles. The number of oxazole rings is 1. The molecule has 9 heteroatoms. The summed E-state index contributed by atoms with van der Waals surface area (Å²) in [4.78, 5) is 7.85. The van der Waals surface area contributed by atoms with Gasteiger partial charge in [0.15, 0.2) is 5.89 Å². The summed E-state index contributed by atoms with van der Waals surface area (Å²) in [5, 5.41) is 5.73. The van der Waals surface area contributed by atoms with Crippen molar-refractivity contribution in [1.82, 2.24) is 20.4 Å². The first-order chi connectivity index (χ1) is 8.44. The van der Waals surface area contributed by atoms with Crippen LogP contribution in [-0.4, -0.2) is 27.8 Å². The monoisotopic (exact) mass is 262 g/mol. The highest BCUT2D eigenvalue weighted by Crippen LogP contribution is 2.15. The molecular formula is C9H9F3N4O2. The molecule has 2 aromatic rings. The van der Waals surface area contributed by atoms with E-state index in [0.717, 1.165) is 0 Å². The van der Waals surface area contributed by atoms with Crippen LogP contribution in [0.1, 0.15) is 11.8 Å². The fourth-order valence-corrected chi connectivity index (χ4v) is 1.21. The van der Waals surface area contributed by atoms with E-state index in [1.807, 2.05) is 0 Å². The molecule has 0 spiro atoms. The van der Waals surface area contributed by atoms with Crippen LogP contribution in [0.15, 0.2) is 15.2 Å². The molecule has 0 saturated carbocycles. The lowest BCUT2D eigenvalue weighted by atomic mass is 10.4. The van der Waals surface area contributed by atoms with Gasteiger partial charge >= 0.3 is 6.18 Å². The summed E-state index contributed by atoms with van der Waals surface area (Å²) in [6, 6.07) is 0. The number of hydrogen-bond donors (Lipinski definition) is 1. The maximum Gasteiger partial charge on any atom is 0.401 e. The van der Waals surface area contributed by atoms with Crippen LogP contribution in [-0.2, 0) is 6.54 Å². The maximum absolute atomic E-state index is 11.9. The average molecular weight is 262 g/mol. The fourth-order valence-electron chi connectivity index (χ4n) is 1.21. The van der Waals surface area contributed by atoms with Gasteiger partial charge in [0, 0.05) is 6.92 Å². The van der Waals surface area contributed by atoms with Crippen LogP contribution >= 0.6 is 0 Å². The molecule has 18 heavy (non-hydrogen) atoms. The number of hydrogen-bond acceptors (Lipinski definition) is 6. The zero-order valence-electron chi connectivity index (χ0n) is 9.28. The van der Waals surface area contributed by atoms with Gasteiger partial charge in [-0.1, -0.05) is 5.16 Å². The Balaban J connectivity index is 1.94. The molecule has 0 aliphatic rings. The standard InChI is InChI=1S/C9H9F3N4O2/c1-5-14-6(3-17-5)8-15-7(18-16-8)2-13-4-9(10,11)12/h3,13H,2,4H2,1H3. The third-order valence-corrected chi connectivity index (χ3v) is 1.92. The first-order valence-electron chi connectivity index (χ1n) is 4.96. The third-order valence-electron chi connectivity index (χ3n) is 1.92. The third kappa shape index (κ3) is 3.29. The van der Waals surface area contributed by atoms with Gasteiger partial charge in [0.2, 0.25) is 11.7 Å². The van der Waals surface area contributed by atoms with E-state index < -0.39 is 12.7 Å². The Morgan fingerprint density at radius 3 is 2.72 bits per heavy atom. The minimum atomic E-state index is -4.27. The smallest absolute Gasteiger partial charge is 0.401 e. The van der Waals surface area contributed by atoms with Gasteiger partial charge in [-0.05, 0) is 0 Å². The first-order valence-corrected chi connectivity index (χ1v) is 4.96. The van der Waals surface area contributed by atoms with Crippen molar-refractivity contribution in [3.05, 3.63) is 18.0 Å². The molecule has 0 aromatic carbocycles. The lowest BCUT2D eigenvalue weighted by Gasteiger charge is -2.05. The summed E-state index contributed by atoms with van der Waals surface area (Å²) in [5.74, 6) is 0.664. The summed E-state index contributed by atoms with van der Waals surface area (Å²) < 4.78 is 45.4. The number of nitrogens with zero attached hydrogens (tertiary/aromatic N) is 3. The van der Waals surface area contributed by atoms with Gasteiger partial charge in [-0.2, -0.15) is 18.2 Å². The summed E-state index contributed by atoms with van der Waals surface area (Å²) in [5.41, 5.74) is 0.373. The topological polar surface area (TPSA) is 77.0 Å². The van der Waals surface area contributed by atoms with Gasteiger partial charge in [-0.3, -0.25) is 0 Å². The van der Waals surface area contributed by atoms with Crippen LogP contribution in [0.2, 0.25) is 0 Å². The molecule has 0 aliphatic heterocycles. The molecule has 2 aromatic heterocycles. The van der Waals surface area contributed by atoms with Crippen molar-refractivity contribution in [2.45, 2.75) is 19.6 Å². The second-order valence-corrected chi connectivity index (χ2v) is 3.48. The fraction of sp³-hybridized carbons (Fsp3) is 0.444. The first kappa shape index (κ1) is 12.6. The number of alkyl halides is 3. The quantitative estimate of drug-likeness (QED) is 0.903. The predicted octanol–water partition coefficient (Wildman–Crippen LogP) is 1.68. The van der Waals surface area contributed by atoms with Crippen molar-refractivity contribution < 1.29 is 22.1 Å².